The third kappa shape index (κ3) is 10.2. The van der Waals surface area contributed by atoms with Crippen LogP contribution in [0.15, 0.2) is 6.33 Å². The highest BCUT2D eigenvalue weighted by molar-refractivity contribution is 8.13. The number of carbonyl (C=O) groups excluding carboxylic acids is 2. The van der Waals surface area contributed by atoms with E-state index < -0.39 is 44.3 Å². The zero-order chi connectivity index (χ0) is 31.8. The van der Waals surface area contributed by atoms with E-state index in [9.17, 15) is 29.5 Å². The molecule has 0 aliphatic heterocycles. The maximum absolute atomic E-state index is 13.5. The summed E-state index contributed by atoms with van der Waals surface area (Å²) in [6.45, 7) is 5.24. The van der Waals surface area contributed by atoms with Crippen LogP contribution in [0.5, 0.6) is 0 Å². The van der Waals surface area contributed by atoms with E-state index in [1.54, 1.807) is 25.3 Å². The Bertz CT molecular complexity index is 1280. The number of aliphatic hydroxyl groups is 3. The van der Waals surface area contributed by atoms with Crippen LogP contribution in [-0.4, -0.2) is 103 Å². The standard InChI is InChI=1S/C25H42N7O9PS/c1-15(35)20(36)18(12-40-42(38,28-8-5-9-33)39-10-11-43-23(37)25(3,4)13-34)41-16(2)32-14-27-19-21(29-17-6-7-17)30-24(26)31-22(19)32/h9,14-18,20,34-36H,5-8,10-13H2,1-4H3,(H,28,38)(H3,26,29,30,31)/t15?,16?,18-,20?,42?/m1/s1. The minimum Gasteiger partial charge on any atom is -0.395 e. The fourth-order valence-corrected chi connectivity index (χ4v) is 5.95. The van der Waals surface area contributed by atoms with Crippen molar-refractivity contribution in [2.45, 2.75) is 77.5 Å². The zero-order valence-electron chi connectivity index (χ0n) is 24.7. The number of nitrogens with zero attached hydrogens (tertiary/aromatic N) is 4. The maximum Gasteiger partial charge on any atom is 0.405 e. The van der Waals surface area contributed by atoms with Crippen molar-refractivity contribution in [3.63, 3.8) is 0 Å². The lowest BCUT2D eigenvalue weighted by Crippen LogP contribution is -2.42. The SMILES string of the molecule is CC(O)C(O)[C@@H](COP(=O)(NCCC=O)OCCSC(=O)C(C)(C)CO)OC(C)n1cnc2c(NC3CC3)nc(N)nc21. The van der Waals surface area contributed by atoms with E-state index in [1.165, 1.54) is 13.3 Å². The van der Waals surface area contributed by atoms with Gasteiger partial charge in [-0.2, -0.15) is 9.97 Å². The van der Waals surface area contributed by atoms with Crippen molar-refractivity contribution in [3.8, 4) is 0 Å². The minimum atomic E-state index is -4.06. The first-order valence-electron chi connectivity index (χ1n) is 13.9. The molecule has 16 nitrogen and oxygen atoms in total. The van der Waals surface area contributed by atoms with Gasteiger partial charge in [-0.05, 0) is 40.5 Å². The number of rotatable bonds is 20. The molecular formula is C25H42N7O9PS. The number of imidazole rings is 1. The van der Waals surface area contributed by atoms with Crippen LogP contribution in [0, 0.1) is 5.41 Å². The second-order valence-corrected chi connectivity index (χ2v) is 13.7. The second kappa shape index (κ2) is 15.7. The molecule has 242 valence electrons. The molecule has 1 aliphatic carbocycles. The van der Waals surface area contributed by atoms with Gasteiger partial charge in [-0.25, -0.2) is 14.6 Å². The Morgan fingerprint density at radius 1 is 1.30 bits per heavy atom. The molecule has 5 atom stereocenters. The maximum atomic E-state index is 13.5. The first kappa shape index (κ1) is 35.3. The lowest BCUT2D eigenvalue weighted by atomic mass is 9.97. The van der Waals surface area contributed by atoms with Crippen LogP contribution in [0.2, 0.25) is 0 Å². The van der Waals surface area contributed by atoms with Gasteiger partial charge in [-0.3, -0.25) is 18.4 Å². The number of thioether (sulfide) groups is 1. The molecule has 2 heterocycles. The van der Waals surface area contributed by atoms with E-state index in [2.05, 4.69) is 25.4 Å². The quantitative estimate of drug-likeness (QED) is 0.0673. The van der Waals surface area contributed by atoms with Crippen molar-refractivity contribution in [1.82, 2.24) is 24.6 Å². The molecule has 0 saturated heterocycles. The van der Waals surface area contributed by atoms with E-state index >= 15 is 0 Å². The van der Waals surface area contributed by atoms with E-state index in [0.717, 1.165) is 24.6 Å². The molecule has 0 radical (unpaired) electrons. The van der Waals surface area contributed by atoms with Crippen LogP contribution in [0.1, 0.15) is 53.2 Å². The van der Waals surface area contributed by atoms with Gasteiger partial charge in [-0.1, -0.05) is 11.8 Å². The molecule has 7 N–H and O–H groups in total. The first-order valence-corrected chi connectivity index (χ1v) is 16.5. The predicted octanol–water partition coefficient (Wildman–Crippen LogP) is 1.23. The van der Waals surface area contributed by atoms with E-state index in [0.29, 0.717) is 29.3 Å². The van der Waals surface area contributed by atoms with Crippen LogP contribution in [0.3, 0.4) is 0 Å². The predicted molar refractivity (Wildman–Crippen MR) is 160 cm³/mol. The van der Waals surface area contributed by atoms with Crippen molar-refractivity contribution >= 4 is 53.8 Å². The molecule has 1 fully saturated rings. The summed E-state index contributed by atoms with van der Waals surface area (Å²) in [5, 5.41) is 35.8. The van der Waals surface area contributed by atoms with Gasteiger partial charge >= 0.3 is 7.75 Å². The second-order valence-electron chi connectivity index (χ2n) is 10.8. The molecule has 0 aromatic carbocycles. The molecule has 43 heavy (non-hydrogen) atoms. The molecule has 0 amide bonds. The van der Waals surface area contributed by atoms with Gasteiger partial charge in [0.2, 0.25) is 5.95 Å². The van der Waals surface area contributed by atoms with Crippen molar-refractivity contribution in [2.24, 2.45) is 5.41 Å². The van der Waals surface area contributed by atoms with Gasteiger partial charge in [-0.15, -0.1) is 0 Å². The third-order valence-corrected chi connectivity index (χ3v) is 9.31. The molecule has 4 unspecified atom stereocenters. The molecule has 1 aliphatic rings. The van der Waals surface area contributed by atoms with Crippen molar-refractivity contribution in [1.29, 1.82) is 0 Å². The van der Waals surface area contributed by atoms with Crippen molar-refractivity contribution in [2.75, 3.05) is 43.2 Å². The number of hydrogen-bond donors (Lipinski definition) is 6. The Balaban J connectivity index is 1.71. The Morgan fingerprint density at radius 3 is 2.65 bits per heavy atom. The number of hydrogen-bond acceptors (Lipinski definition) is 15. The van der Waals surface area contributed by atoms with Crippen LogP contribution < -0.4 is 16.1 Å². The summed E-state index contributed by atoms with van der Waals surface area (Å²) in [5.74, 6) is 0.654. The van der Waals surface area contributed by atoms with Gasteiger partial charge < -0.3 is 35.9 Å². The summed E-state index contributed by atoms with van der Waals surface area (Å²) in [7, 11) is -4.06. The number of anilines is 2. The Hall–Kier alpha value is -2.21. The summed E-state index contributed by atoms with van der Waals surface area (Å²) < 4.78 is 32.2. The number of nitrogens with one attached hydrogen (secondary N) is 2. The molecule has 2 aromatic rings. The molecular weight excluding hydrogens is 605 g/mol. The fourth-order valence-electron chi connectivity index (χ4n) is 3.68. The number of aromatic nitrogens is 4. The average molecular weight is 648 g/mol. The average Bonchev–Trinajstić information content (AvgIpc) is 3.67. The number of fused-ring (bicyclic) bond motifs is 1. The van der Waals surface area contributed by atoms with Crippen molar-refractivity contribution in [3.05, 3.63) is 6.33 Å². The Labute approximate surface area is 254 Å². The number of aldehydes is 1. The molecule has 0 bridgehead atoms. The number of nitrogens with two attached hydrogens (primary N) is 1. The van der Waals surface area contributed by atoms with E-state index in [-0.39, 0.29) is 43.0 Å². The van der Waals surface area contributed by atoms with Gasteiger partial charge in [0.1, 0.15) is 24.7 Å². The highest BCUT2D eigenvalue weighted by Gasteiger charge is 2.33. The highest BCUT2D eigenvalue weighted by atomic mass is 32.2. The largest absolute Gasteiger partial charge is 0.405 e. The Kier molecular flexibility index (Phi) is 12.9. The van der Waals surface area contributed by atoms with Crippen LogP contribution in [0.25, 0.3) is 11.2 Å². The lowest BCUT2D eigenvalue weighted by Gasteiger charge is -2.30. The summed E-state index contributed by atoms with van der Waals surface area (Å²) in [6.07, 6.45) is -0.544. The summed E-state index contributed by atoms with van der Waals surface area (Å²) >= 11 is 0.912. The molecule has 1 saturated carbocycles. The fraction of sp³-hybridized carbons (Fsp3) is 0.720. The van der Waals surface area contributed by atoms with Crippen LogP contribution in [-0.2, 0) is 27.9 Å². The van der Waals surface area contributed by atoms with E-state index in [4.69, 9.17) is 19.5 Å². The third-order valence-electron chi connectivity index (χ3n) is 6.50. The summed E-state index contributed by atoms with van der Waals surface area (Å²) in [6, 6.07) is 0.295. The summed E-state index contributed by atoms with van der Waals surface area (Å²) in [5.41, 5.74) is 5.86. The lowest BCUT2D eigenvalue weighted by molar-refractivity contribution is -0.138. The first-order chi connectivity index (χ1) is 20.3. The molecule has 18 heteroatoms. The van der Waals surface area contributed by atoms with E-state index in [1.807, 2.05) is 0 Å². The number of carbonyl (C=O) groups is 2. The summed E-state index contributed by atoms with van der Waals surface area (Å²) in [4.78, 5) is 36.0. The smallest absolute Gasteiger partial charge is 0.395 e. The number of nitrogen functional groups attached to an aromatic ring is 1. The van der Waals surface area contributed by atoms with Gasteiger partial charge in [0.25, 0.3) is 0 Å². The van der Waals surface area contributed by atoms with Gasteiger partial charge in [0.05, 0.1) is 37.7 Å². The highest BCUT2D eigenvalue weighted by Crippen LogP contribution is 2.44. The Morgan fingerprint density at radius 2 is 2.02 bits per heavy atom. The minimum absolute atomic E-state index is 0.0232. The van der Waals surface area contributed by atoms with Gasteiger partial charge in [0, 0.05) is 24.8 Å². The molecule has 3 rings (SSSR count). The van der Waals surface area contributed by atoms with Crippen LogP contribution >= 0.6 is 19.5 Å². The normalized spacial score (nSPS) is 18.1. The zero-order valence-corrected chi connectivity index (χ0v) is 26.4. The monoisotopic (exact) mass is 647 g/mol. The number of ether oxygens (including phenoxy) is 1. The van der Waals surface area contributed by atoms with Gasteiger partial charge in [0.15, 0.2) is 22.1 Å². The molecule has 0 spiro atoms. The topological polar surface area (TPSA) is 233 Å². The van der Waals surface area contributed by atoms with Crippen molar-refractivity contribution < 1.29 is 43.3 Å². The number of aliphatic hydroxyl groups excluding tert-OH is 3. The molecule has 2 aromatic heterocycles. The van der Waals surface area contributed by atoms with Crippen LogP contribution in [0.4, 0.5) is 11.8 Å².